The minimum atomic E-state index is -0.122. The first-order chi connectivity index (χ1) is 17.0. The normalized spacial score (nSPS) is 13.9. The van der Waals surface area contributed by atoms with Crippen LogP contribution in [0, 0.1) is 6.92 Å². The van der Waals surface area contributed by atoms with Crippen molar-refractivity contribution in [3.8, 4) is 17.2 Å². The molecule has 4 rings (SSSR count). The Hall–Kier alpha value is -3.81. The topological polar surface area (TPSA) is 76.9 Å². The summed E-state index contributed by atoms with van der Waals surface area (Å²) in [6.07, 6.45) is 3.65. The molecule has 3 aromatic rings. The molecule has 0 aliphatic carbocycles. The van der Waals surface area contributed by atoms with Crippen molar-refractivity contribution in [2.75, 3.05) is 40.4 Å². The van der Waals surface area contributed by atoms with Crippen molar-refractivity contribution in [3.05, 3.63) is 71.5 Å². The third-order valence-electron chi connectivity index (χ3n) is 6.31. The quantitative estimate of drug-likeness (QED) is 0.522. The van der Waals surface area contributed by atoms with Crippen LogP contribution in [0.1, 0.15) is 34.5 Å². The Morgan fingerprint density at radius 2 is 1.66 bits per heavy atom. The van der Waals surface area contributed by atoms with Crippen molar-refractivity contribution in [1.29, 1.82) is 0 Å². The van der Waals surface area contributed by atoms with Crippen LogP contribution in [0.15, 0.2) is 54.7 Å². The minimum Gasteiger partial charge on any atom is -0.497 e. The SMILES string of the molecule is COc1ccc(CCC(=O)N2CCCN(C(=O)c3ccn(-c4cc(C)ccc4OC)n3)CC2)cc1. The first kappa shape index (κ1) is 24.3. The van der Waals surface area contributed by atoms with E-state index in [9.17, 15) is 9.59 Å². The molecule has 0 saturated carbocycles. The van der Waals surface area contributed by atoms with Gasteiger partial charge in [-0.25, -0.2) is 4.68 Å². The summed E-state index contributed by atoms with van der Waals surface area (Å²) in [6, 6.07) is 15.4. The van der Waals surface area contributed by atoms with Crippen LogP contribution in [-0.4, -0.2) is 71.8 Å². The summed E-state index contributed by atoms with van der Waals surface area (Å²) in [6.45, 7) is 4.27. The van der Waals surface area contributed by atoms with E-state index in [1.165, 1.54) is 0 Å². The fourth-order valence-corrected chi connectivity index (χ4v) is 4.28. The Morgan fingerprint density at radius 3 is 2.40 bits per heavy atom. The summed E-state index contributed by atoms with van der Waals surface area (Å²) in [5.41, 5.74) is 3.35. The number of ether oxygens (including phenoxy) is 2. The van der Waals surface area contributed by atoms with E-state index in [4.69, 9.17) is 9.47 Å². The molecule has 35 heavy (non-hydrogen) atoms. The van der Waals surface area contributed by atoms with Gasteiger partial charge in [0.1, 0.15) is 17.2 Å². The number of rotatable bonds is 7. The number of carbonyl (C=O) groups excluding carboxylic acids is 2. The maximum absolute atomic E-state index is 13.2. The molecule has 1 saturated heterocycles. The van der Waals surface area contributed by atoms with Gasteiger partial charge in [0.2, 0.25) is 5.91 Å². The summed E-state index contributed by atoms with van der Waals surface area (Å²) in [7, 11) is 3.25. The fraction of sp³-hybridized carbons (Fsp3) is 0.370. The van der Waals surface area contributed by atoms with E-state index in [0.717, 1.165) is 29.0 Å². The molecule has 1 aromatic heterocycles. The number of aryl methyl sites for hydroxylation is 2. The lowest BCUT2D eigenvalue weighted by atomic mass is 10.1. The maximum Gasteiger partial charge on any atom is 0.274 e. The number of aromatic nitrogens is 2. The first-order valence-electron chi connectivity index (χ1n) is 11.9. The van der Waals surface area contributed by atoms with Gasteiger partial charge in [-0.2, -0.15) is 5.10 Å². The monoisotopic (exact) mass is 476 g/mol. The zero-order valence-electron chi connectivity index (χ0n) is 20.6. The molecule has 1 aliphatic rings. The number of benzene rings is 2. The standard InChI is InChI=1S/C27H32N4O4/c1-20-5-11-25(35-3)24(19-20)31-16-13-23(28-31)27(33)30-15-4-14-29(17-18-30)26(32)12-8-21-6-9-22(34-2)10-7-21/h5-7,9-11,13,16,19H,4,8,12,14-15,17-18H2,1-3H3. The summed E-state index contributed by atoms with van der Waals surface area (Å²) < 4.78 is 12.3. The Morgan fingerprint density at radius 1 is 0.914 bits per heavy atom. The number of amides is 2. The van der Waals surface area contributed by atoms with Crippen LogP contribution in [0.5, 0.6) is 11.5 Å². The molecule has 0 spiro atoms. The van der Waals surface area contributed by atoms with Gasteiger partial charge in [0.05, 0.1) is 14.2 Å². The van der Waals surface area contributed by atoms with Crippen molar-refractivity contribution in [2.24, 2.45) is 0 Å². The van der Waals surface area contributed by atoms with E-state index < -0.39 is 0 Å². The van der Waals surface area contributed by atoms with Gasteiger partial charge in [0, 0.05) is 38.8 Å². The van der Waals surface area contributed by atoms with E-state index in [0.29, 0.717) is 50.5 Å². The molecule has 0 N–H and O–H groups in total. The molecule has 0 bridgehead atoms. The van der Waals surface area contributed by atoms with E-state index in [-0.39, 0.29) is 11.8 Å². The molecule has 184 valence electrons. The van der Waals surface area contributed by atoms with Crippen LogP contribution in [0.25, 0.3) is 5.69 Å². The lowest BCUT2D eigenvalue weighted by Gasteiger charge is -2.22. The van der Waals surface area contributed by atoms with Crippen LogP contribution in [0.3, 0.4) is 0 Å². The van der Waals surface area contributed by atoms with E-state index >= 15 is 0 Å². The highest BCUT2D eigenvalue weighted by atomic mass is 16.5. The van der Waals surface area contributed by atoms with Gasteiger partial charge in [0.15, 0.2) is 5.69 Å². The van der Waals surface area contributed by atoms with Gasteiger partial charge >= 0.3 is 0 Å². The zero-order chi connectivity index (χ0) is 24.8. The third-order valence-corrected chi connectivity index (χ3v) is 6.31. The predicted molar refractivity (Wildman–Crippen MR) is 133 cm³/mol. The molecular formula is C27H32N4O4. The summed E-state index contributed by atoms with van der Waals surface area (Å²) in [5.74, 6) is 1.49. The van der Waals surface area contributed by atoms with Gasteiger partial charge in [-0.1, -0.05) is 18.2 Å². The van der Waals surface area contributed by atoms with Gasteiger partial charge in [-0.15, -0.1) is 0 Å². The molecule has 2 amide bonds. The van der Waals surface area contributed by atoms with Gasteiger partial charge < -0.3 is 19.3 Å². The van der Waals surface area contributed by atoms with Crippen LogP contribution < -0.4 is 9.47 Å². The van der Waals surface area contributed by atoms with E-state index in [2.05, 4.69) is 5.10 Å². The molecule has 0 atom stereocenters. The Bertz CT molecular complexity index is 1170. The molecule has 1 fully saturated rings. The number of methoxy groups -OCH3 is 2. The highest BCUT2D eigenvalue weighted by molar-refractivity contribution is 5.92. The first-order valence-corrected chi connectivity index (χ1v) is 11.9. The molecule has 1 aliphatic heterocycles. The average molecular weight is 477 g/mol. The van der Waals surface area contributed by atoms with Crippen LogP contribution >= 0.6 is 0 Å². The number of carbonyl (C=O) groups is 2. The average Bonchev–Trinajstić information content (AvgIpc) is 3.25. The van der Waals surface area contributed by atoms with Crippen molar-refractivity contribution >= 4 is 11.8 Å². The van der Waals surface area contributed by atoms with E-state index in [1.54, 1.807) is 36.1 Å². The lowest BCUT2D eigenvalue weighted by Crippen LogP contribution is -2.37. The molecule has 8 nitrogen and oxygen atoms in total. The summed E-state index contributed by atoms with van der Waals surface area (Å²) >= 11 is 0. The van der Waals surface area contributed by atoms with Crippen molar-refractivity contribution in [3.63, 3.8) is 0 Å². The Kier molecular flexibility index (Phi) is 7.70. The molecule has 0 unspecified atom stereocenters. The van der Waals surface area contributed by atoms with Crippen molar-refractivity contribution in [1.82, 2.24) is 19.6 Å². The van der Waals surface area contributed by atoms with Crippen LogP contribution in [0.4, 0.5) is 0 Å². The molecule has 2 aromatic carbocycles. The molecule has 2 heterocycles. The van der Waals surface area contributed by atoms with Crippen molar-refractivity contribution < 1.29 is 19.1 Å². The van der Waals surface area contributed by atoms with Gasteiger partial charge in [-0.05, 0) is 61.2 Å². The number of nitrogens with zero attached hydrogens (tertiary/aromatic N) is 4. The largest absolute Gasteiger partial charge is 0.497 e. The second kappa shape index (κ2) is 11.1. The van der Waals surface area contributed by atoms with Gasteiger partial charge in [-0.3, -0.25) is 9.59 Å². The number of hydrogen-bond acceptors (Lipinski definition) is 5. The minimum absolute atomic E-state index is 0.117. The highest BCUT2D eigenvalue weighted by Gasteiger charge is 2.24. The van der Waals surface area contributed by atoms with Gasteiger partial charge in [0.25, 0.3) is 5.91 Å². The zero-order valence-corrected chi connectivity index (χ0v) is 20.6. The van der Waals surface area contributed by atoms with Crippen LogP contribution in [0.2, 0.25) is 0 Å². The fourth-order valence-electron chi connectivity index (χ4n) is 4.28. The second-order valence-electron chi connectivity index (χ2n) is 8.70. The van der Waals surface area contributed by atoms with Crippen LogP contribution in [-0.2, 0) is 11.2 Å². The maximum atomic E-state index is 13.2. The molecular weight excluding hydrogens is 444 g/mol. The van der Waals surface area contributed by atoms with Crippen molar-refractivity contribution in [2.45, 2.75) is 26.2 Å². The van der Waals surface area contributed by atoms with E-state index in [1.807, 2.05) is 54.3 Å². The molecule has 0 radical (unpaired) electrons. The smallest absolute Gasteiger partial charge is 0.274 e. The summed E-state index contributed by atoms with van der Waals surface area (Å²) in [4.78, 5) is 29.6. The predicted octanol–water partition coefficient (Wildman–Crippen LogP) is 3.51. The Labute approximate surface area is 206 Å². The second-order valence-corrected chi connectivity index (χ2v) is 8.70. The molecule has 8 heteroatoms. The highest BCUT2D eigenvalue weighted by Crippen LogP contribution is 2.24. The number of hydrogen-bond donors (Lipinski definition) is 0. The Balaban J connectivity index is 1.35. The lowest BCUT2D eigenvalue weighted by molar-refractivity contribution is -0.131. The summed E-state index contributed by atoms with van der Waals surface area (Å²) in [5, 5.41) is 4.52. The third kappa shape index (κ3) is 5.82.